The SMILES string of the molecule is Cc1ccc(Br)c(C(Cl)c2ccc(Cl)c3ccccc23)c1. The van der Waals surface area contributed by atoms with Crippen molar-refractivity contribution in [2.75, 3.05) is 0 Å². The topological polar surface area (TPSA) is 0 Å². The van der Waals surface area contributed by atoms with Gasteiger partial charge in [0, 0.05) is 14.9 Å². The van der Waals surface area contributed by atoms with Crippen LogP contribution in [-0.2, 0) is 0 Å². The van der Waals surface area contributed by atoms with Crippen LogP contribution in [0.1, 0.15) is 22.1 Å². The summed E-state index contributed by atoms with van der Waals surface area (Å²) in [6, 6.07) is 18.2. The second-order valence-corrected chi connectivity index (χ2v) is 6.77. The van der Waals surface area contributed by atoms with E-state index in [-0.39, 0.29) is 5.38 Å². The average molecular weight is 380 g/mol. The number of halogens is 3. The first kappa shape index (κ1) is 14.9. The van der Waals surface area contributed by atoms with Crippen molar-refractivity contribution in [1.82, 2.24) is 0 Å². The molecule has 0 saturated heterocycles. The standard InChI is InChI=1S/C18H13BrCl2/c1-11-6-8-16(19)15(10-11)18(21)14-7-9-17(20)13-5-3-2-4-12(13)14/h2-10,18H,1H3. The van der Waals surface area contributed by atoms with Crippen LogP contribution in [0.25, 0.3) is 10.8 Å². The number of hydrogen-bond donors (Lipinski definition) is 0. The number of fused-ring (bicyclic) bond motifs is 1. The van der Waals surface area contributed by atoms with Crippen molar-refractivity contribution >= 4 is 49.9 Å². The fourth-order valence-corrected chi connectivity index (χ4v) is 3.74. The molecule has 3 heteroatoms. The molecule has 1 unspecified atom stereocenters. The van der Waals surface area contributed by atoms with E-state index >= 15 is 0 Å². The van der Waals surface area contributed by atoms with E-state index in [9.17, 15) is 0 Å². The minimum Gasteiger partial charge on any atom is -0.113 e. The van der Waals surface area contributed by atoms with Gasteiger partial charge in [-0.25, -0.2) is 0 Å². The predicted molar refractivity (Wildman–Crippen MR) is 95.5 cm³/mol. The van der Waals surface area contributed by atoms with Gasteiger partial charge >= 0.3 is 0 Å². The van der Waals surface area contributed by atoms with Crippen LogP contribution in [0, 0.1) is 6.92 Å². The summed E-state index contributed by atoms with van der Waals surface area (Å²) in [6.45, 7) is 2.07. The summed E-state index contributed by atoms with van der Waals surface area (Å²) >= 11 is 16.6. The van der Waals surface area contributed by atoms with Gasteiger partial charge in [0.05, 0.1) is 5.38 Å². The molecule has 3 aromatic rings. The Morgan fingerprint density at radius 1 is 0.905 bits per heavy atom. The molecule has 0 aliphatic heterocycles. The fourth-order valence-electron chi connectivity index (χ4n) is 2.53. The number of aryl methyl sites for hydroxylation is 1. The first-order valence-corrected chi connectivity index (χ1v) is 8.26. The second-order valence-electron chi connectivity index (χ2n) is 5.07. The molecule has 0 aliphatic rings. The summed E-state index contributed by atoms with van der Waals surface area (Å²) in [5, 5.41) is 2.66. The van der Waals surface area contributed by atoms with Gasteiger partial charge in [0.15, 0.2) is 0 Å². The lowest BCUT2D eigenvalue weighted by Gasteiger charge is -2.16. The molecule has 0 radical (unpaired) electrons. The highest BCUT2D eigenvalue weighted by Crippen LogP contribution is 2.39. The third-order valence-corrected chi connectivity index (χ3v) is 5.12. The van der Waals surface area contributed by atoms with E-state index in [2.05, 4.69) is 41.1 Å². The summed E-state index contributed by atoms with van der Waals surface area (Å²) in [7, 11) is 0. The first-order valence-electron chi connectivity index (χ1n) is 6.65. The third-order valence-electron chi connectivity index (χ3n) is 3.60. The zero-order chi connectivity index (χ0) is 15.0. The van der Waals surface area contributed by atoms with E-state index in [0.717, 1.165) is 31.4 Å². The minimum atomic E-state index is -0.221. The van der Waals surface area contributed by atoms with Crippen molar-refractivity contribution in [3.63, 3.8) is 0 Å². The highest BCUT2D eigenvalue weighted by Gasteiger charge is 2.17. The van der Waals surface area contributed by atoms with Crippen LogP contribution in [0.2, 0.25) is 5.02 Å². The Kier molecular flexibility index (Phi) is 4.26. The predicted octanol–water partition coefficient (Wildman–Crippen LogP) is 6.89. The summed E-state index contributed by atoms with van der Waals surface area (Å²) in [5.41, 5.74) is 3.34. The first-order chi connectivity index (χ1) is 10.1. The molecule has 0 amide bonds. The van der Waals surface area contributed by atoms with Gasteiger partial charge in [-0.15, -0.1) is 11.6 Å². The van der Waals surface area contributed by atoms with Crippen molar-refractivity contribution in [3.05, 3.63) is 80.8 Å². The molecule has 0 heterocycles. The van der Waals surface area contributed by atoms with Crippen molar-refractivity contribution in [1.29, 1.82) is 0 Å². The molecule has 0 nitrogen and oxygen atoms in total. The zero-order valence-corrected chi connectivity index (χ0v) is 14.5. The number of hydrogen-bond acceptors (Lipinski definition) is 0. The quantitative estimate of drug-likeness (QED) is 0.425. The average Bonchev–Trinajstić information content (AvgIpc) is 2.50. The Morgan fingerprint density at radius 2 is 1.62 bits per heavy atom. The van der Waals surface area contributed by atoms with E-state index in [0.29, 0.717) is 0 Å². The normalized spacial score (nSPS) is 12.6. The zero-order valence-electron chi connectivity index (χ0n) is 11.4. The van der Waals surface area contributed by atoms with Crippen LogP contribution in [0.4, 0.5) is 0 Å². The maximum atomic E-state index is 6.77. The molecule has 1 atom stereocenters. The molecule has 0 aromatic heterocycles. The van der Waals surface area contributed by atoms with Gasteiger partial charge in [-0.05, 0) is 35.6 Å². The molecular formula is C18H13BrCl2. The Balaban J connectivity index is 2.20. The highest BCUT2D eigenvalue weighted by atomic mass is 79.9. The Labute approximate surface area is 142 Å². The van der Waals surface area contributed by atoms with Crippen LogP contribution >= 0.6 is 39.1 Å². The molecule has 0 spiro atoms. The smallest absolute Gasteiger partial charge is 0.0852 e. The van der Waals surface area contributed by atoms with Gasteiger partial charge in [-0.3, -0.25) is 0 Å². The Bertz CT molecular complexity index is 811. The molecule has 0 bridgehead atoms. The fraction of sp³-hybridized carbons (Fsp3) is 0.111. The van der Waals surface area contributed by atoms with Crippen LogP contribution in [0.5, 0.6) is 0 Å². The molecule has 106 valence electrons. The molecule has 3 aromatic carbocycles. The molecule has 0 aliphatic carbocycles. The van der Waals surface area contributed by atoms with Gasteiger partial charge in [-0.2, -0.15) is 0 Å². The number of alkyl halides is 1. The lowest BCUT2D eigenvalue weighted by molar-refractivity contribution is 1.14. The van der Waals surface area contributed by atoms with Crippen molar-refractivity contribution in [2.24, 2.45) is 0 Å². The largest absolute Gasteiger partial charge is 0.113 e. The third kappa shape index (κ3) is 2.83. The summed E-state index contributed by atoms with van der Waals surface area (Å²) in [6.07, 6.45) is 0. The lowest BCUT2D eigenvalue weighted by atomic mass is 9.97. The molecule has 3 rings (SSSR count). The van der Waals surface area contributed by atoms with E-state index < -0.39 is 0 Å². The van der Waals surface area contributed by atoms with Crippen LogP contribution < -0.4 is 0 Å². The van der Waals surface area contributed by atoms with Gasteiger partial charge in [-0.1, -0.05) is 75.6 Å². The van der Waals surface area contributed by atoms with E-state index in [4.69, 9.17) is 23.2 Å². The lowest BCUT2D eigenvalue weighted by Crippen LogP contribution is -1.97. The van der Waals surface area contributed by atoms with E-state index in [1.807, 2.05) is 36.4 Å². The van der Waals surface area contributed by atoms with Crippen LogP contribution in [0.15, 0.2) is 59.1 Å². The molecule has 21 heavy (non-hydrogen) atoms. The monoisotopic (exact) mass is 378 g/mol. The molecule has 0 N–H and O–H groups in total. The molecule has 0 fully saturated rings. The van der Waals surface area contributed by atoms with Gasteiger partial charge in [0.2, 0.25) is 0 Å². The van der Waals surface area contributed by atoms with Crippen molar-refractivity contribution < 1.29 is 0 Å². The van der Waals surface area contributed by atoms with Gasteiger partial charge < -0.3 is 0 Å². The van der Waals surface area contributed by atoms with E-state index in [1.165, 1.54) is 5.56 Å². The summed E-state index contributed by atoms with van der Waals surface area (Å²) in [5.74, 6) is 0. The highest BCUT2D eigenvalue weighted by molar-refractivity contribution is 9.10. The number of benzene rings is 3. The summed E-state index contributed by atoms with van der Waals surface area (Å²) in [4.78, 5) is 0. The van der Waals surface area contributed by atoms with E-state index in [1.54, 1.807) is 0 Å². The Morgan fingerprint density at radius 3 is 2.38 bits per heavy atom. The minimum absolute atomic E-state index is 0.221. The second kappa shape index (κ2) is 6.00. The van der Waals surface area contributed by atoms with Gasteiger partial charge in [0.1, 0.15) is 0 Å². The van der Waals surface area contributed by atoms with Crippen LogP contribution in [0.3, 0.4) is 0 Å². The van der Waals surface area contributed by atoms with Gasteiger partial charge in [0.25, 0.3) is 0 Å². The number of rotatable bonds is 2. The Hall–Kier alpha value is -1.02. The maximum Gasteiger partial charge on any atom is 0.0852 e. The molecular weight excluding hydrogens is 367 g/mol. The van der Waals surface area contributed by atoms with Crippen molar-refractivity contribution in [3.8, 4) is 0 Å². The summed E-state index contributed by atoms with van der Waals surface area (Å²) < 4.78 is 1.02. The maximum absolute atomic E-state index is 6.77. The van der Waals surface area contributed by atoms with Crippen LogP contribution in [-0.4, -0.2) is 0 Å². The molecule has 0 saturated carbocycles. The van der Waals surface area contributed by atoms with Crippen molar-refractivity contribution in [2.45, 2.75) is 12.3 Å².